The molecule has 0 aromatic carbocycles. The van der Waals surface area contributed by atoms with Crippen molar-refractivity contribution in [3.05, 3.63) is 0 Å². The Morgan fingerprint density at radius 1 is 1.40 bits per heavy atom. The first-order valence-electron chi connectivity index (χ1n) is 6.14. The van der Waals surface area contributed by atoms with Gasteiger partial charge in [0.15, 0.2) is 0 Å². The summed E-state index contributed by atoms with van der Waals surface area (Å²) >= 11 is 0. The van der Waals surface area contributed by atoms with Gasteiger partial charge in [-0.1, -0.05) is 0 Å². The van der Waals surface area contributed by atoms with Gasteiger partial charge in [-0.15, -0.1) is 0 Å². The maximum absolute atomic E-state index is 5.62. The maximum Gasteiger partial charge on any atom is 0.0705 e. The molecule has 2 N–H and O–H groups in total. The maximum atomic E-state index is 5.62. The fourth-order valence-corrected chi connectivity index (χ4v) is 1.83. The first kappa shape index (κ1) is 12.9. The first-order chi connectivity index (χ1) is 7.17. The van der Waals surface area contributed by atoms with Crippen LogP contribution >= 0.6 is 0 Å². The van der Waals surface area contributed by atoms with Crippen LogP contribution in [0.2, 0.25) is 0 Å². The van der Waals surface area contributed by atoms with E-state index in [1.54, 1.807) is 7.11 Å². The molecule has 1 rings (SSSR count). The van der Waals surface area contributed by atoms with E-state index in [1.807, 2.05) is 0 Å². The topological polar surface area (TPSA) is 38.5 Å². The predicted octanol–water partition coefficient (Wildman–Crippen LogP) is 1.47. The van der Waals surface area contributed by atoms with Crippen molar-refractivity contribution >= 4 is 0 Å². The van der Waals surface area contributed by atoms with E-state index in [0.29, 0.717) is 12.6 Å². The second kappa shape index (κ2) is 6.46. The lowest BCUT2D eigenvalue weighted by Crippen LogP contribution is -2.36. The molecule has 0 aliphatic heterocycles. The van der Waals surface area contributed by atoms with E-state index in [0.717, 1.165) is 18.9 Å². The van der Waals surface area contributed by atoms with E-state index in [2.05, 4.69) is 18.7 Å². The molecule has 1 atom stereocenters. The number of nitrogens with two attached hydrogens (primary N) is 1. The zero-order valence-corrected chi connectivity index (χ0v) is 10.4. The van der Waals surface area contributed by atoms with Gasteiger partial charge in [0, 0.05) is 32.8 Å². The summed E-state index contributed by atoms with van der Waals surface area (Å²) < 4.78 is 5.30. The highest BCUT2D eigenvalue weighted by Crippen LogP contribution is 2.30. The van der Waals surface area contributed by atoms with Crippen LogP contribution in [0.15, 0.2) is 0 Å². The fourth-order valence-electron chi connectivity index (χ4n) is 1.83. The molecule has 0 spiro atoms. The van der Waals surface area contributed by atoms with Crippen LogP contribution in [0.4, 0.5) is 0 Å². The average molecular weight is 214 g/mol. The Morgan fingerprint density at radius 2 is 2.07 bits per heavy atom. The number of hydrogen-bond donors (Lipinski definition) is 1. The van der Waals surface area contributed by atoms with Gasteiger partial charge >= 0.3 is 0 Å². The monoisotopic (exact) mass is 214 g/mol. The molecule has 0 aromatic heterocycles. The zero-order chi connectivity index (χ0) is 11.3. The lowest BCUT2D eigenvalue weighted by Gasteiger charge is -2.27. The van der Waals surface area contributed by atoms with Gasteiger partial charge in [0.05, 0.1) is 6.10 Å². The van der Waals surface area contributed by atoms with Crippen LogP contribution in [0.3, 0.4) is 0 Å². The SMILES string of the molecule is COC(CN)CCN(CC1CC1)C(C)C. The fraction of sp³-hybridized carbons (Fsp3) is 1.00. The minimum absolute atomic E-state index is 0.227. The van der Waals surface area contributed by atoms with Gasteiger partial charge < -0.3 is 15.4 Å². The quantitative estimate of drug-likeness (QED) is 0.665. The van der Waals surface area contributed by atoms with Crippen LogP contribution in [0.5, 0.6) is 0 Å². The van der Waals surface area contributed by atoms with Gasteiger partial charge in [-0.3, -0.25) is 0 Å². The molecule has 1 saturated carbocycles. The van der Waals surface area contributed by atoms with E-state index in [1.165, 1.54) is 19.4 Å². The molecule has 1 aliphatic rings. The molecule has 0 bridgehead atoms. The molecule has 15 heavy (non-hydrogen) atoms. The molecule has 90 valence electrons. The minimum atomic E-state index is 0.227. The Bertz CT molecular complexity index is 165. The lowest BCUT2D eigenvalue weighted by molar-refractivity contribution is 0.0833. The normalized spacial score (nSPS) is 18.8. The summed E-state index contributed by atoms with van der Waals surface area (Å²) in [6, 6.07) is 0.640. The molecule has 0 aromatic rings. The highest BCUT2D eigenvalue weighted by Gasteiger charge is 2.25. The molecule has 0 heterocycles. The van der Waals surface area contributed by atoms with E-state index in [-0.39, 0.29) is 6.10 Å². The Morgan fingerprint density at radius 3 is 2.47 bits per heavy atom. The van der Waals surface area contributed by atoms with Gasteiger partial charge in [-0.05, 0) is 39.0 Å². The molecule has 1 unspecified atom stereocenters. The Hall–Kier alpha value is -0.120. The van der Waals surface area contributed by atoms with Crippen LogP contribution in [-0.4, -0.2) is 43.8 Å². The van der Waals surface area contributed by atoms with Gasteiger partial charge in [-0.2, -0.15) is 0 Å². The predicted molar refractivity (Wildman–Crippen MR) is 63.9 cm³/mol. The van der Waals surface area contributed by atoms with Crippen LogP contribution in [-0.2, 0) is 4.74 Å². The molecule has 0 amide bonds. The van der Waals surface area contributed by atoms with Crippen molar-refractivity contribution < 1.29 is 4.74 Å². The van der Waals surface area contributed by atoms with Crippen molar-refractivity contribution in [2.24, 2.45) is 11.7 Å². The third-order valence-corrected chi connectivity index (χ3v) is 3.25. The van der Waals surface area contributed by atoms with Crippen molar-refractivity contribution in [2.75, 3.05) is 26.7 Å². The average Bonchev–Trinajstić information content (AvgIpc) is 3.01. The summed E-state index contributed by atoms with van der Waals surface area (Å²) in [4.78, 5) is 2.55. The van der Waals surface area contributed by atoms with Crippen molar-refractivity contribution in [1.82, 2.24) is 4.90 Å². The van der Waals surface area contributed by atoms with E-state index in [9.17, 15) is 0 Å². The molecular weight excluding hydrogens is 188 g/mol. The number of rotatable bonds is 8. The second-order valence-electron chi connectivity index (χ2n) is 4.91. The Balaban J connectivity index is 2.23. The van der Waals surface area contributed by atoms with E-state index < -0.39 is 0 Å². The van der Waals surface area contributed by atoms with Gasteiger partial charge in [-0.25, -0.2) is 0 Å². The zero-order valence-electron chi connectivity index (χ0n) is 10.4. The minimum Gasteiger partial charge on any atom is -0.380 e. The lowest BCUT2D eigenvalue weighted by atomic mass is 10.2. The summed E-state index contributed by atoms with van der Waals surface area (Å²) in [6.07, 6.45) is 4.13. The third-order valence-electron chi connectivity index (χ3n) is 3.25. The highest BCUT2D eigenvalue weighted by atomic mass is 16.5. The smallest absolute Gasteiger partial charge is 0.0705 e. The van der Waals surface area contributed by atoms with Crippen molar-refractivity contribution in [1.29, 1.82) is 0 Å². The van der Waals surface area contributed by atoms with Crippen molar-refractivity contribution in [3.8, 4) is 0 Å². The molecule has 1 fully saturated rings. The summed E-state index contributed by atoms with van der Waals surface area (Å²) in [5.74, 6) is 0.964. The Kier molecular flexibility index (Phi) is 5.58. The molecule has 1 aliphatic carbocycles. The van der Waals surface area contributed by atoms with Gasteiger partial charge in [0.25, 0.3) is 0 Å². The summed E-state index contributed by atoms with van der Waals surface area (Å²) in [7, 11) is 1.75. The molecule has 3 nitrogen and oxygen atoms in total. The Labute approximate surface area is 94.0 Å². The first-order valence-corrected chi connectivity index (χ1v) is 6.14. The van der Waals surface area contributed by atoms with Gasteiger partial charge in [0.1, 0.15) is 0 Å². The number of methoxy groups -OCH3 is 1. The third kappa shape index (κ3) is 4.96. The van der Waals surface area contributed by atoms with Crippen LogP contribution in [0.1, 0.15) is 33.1 Å². The number of nitrogens with zero attached hydrogens (tertiary/aromatic N) is 1. The molecule has 0 radical (unpaired) electrons. The second-order valence-corrected chi connectivity index (χ2v) is 4.91. The van der Waals surface area contributed by atoms with Gasteiger partial charge in [0.2, 0.25) is 0 Å². The standard InChI is InChI=1S/C12H26N2O/c1-10(2)14(9-11-4-5-11)7-6-12(8-13)15-3/h10-12H,4-9,13H2,1-3H3. The largest absolute Gasteiger partial charge is 0.380 e. The van der Waals surface area contributed by atoms with Crippen molar-refractivity contribution in [2.45, 2.75) is 45.3 Å². The summed E-state index contributed by atoms with van der Waals surface area (Å²) in [6.45, 7) is 7.55. The highest BCUT2D eigenvalue weighted by molar-refractivity contribution is 4.79. The van der Waals surface area contributed by atoms with E-state index >= 15 is 0 Å². The van der Waals surface area contributed by atoms with E-state index in [4.69, 9.17) is 10.5 Å². The van der Waals surface area contributed by atoms with Crippen LogP contribution < -0.4 is 5.73 Å². The molecule has 0 saturated heterocycles. The summed E-state index contributed by atoms with van der Waals surface area (Å²) in [5.41, 5.74) is 5.62. The van der Waals surface area contributed by atoms with Crippen LogP contribution in [0.25, 0.3) is 0 Å². The molecule has 3 heteroatoms. The van der Waals surface area contributed by atoms with Crippen molar-refractivity contribution in [3.63, 3.8) is 0 Å². The summed E-state index contributed by atoms with van der Waals surface area (Å²) in [5, 5.41) is 0. The number of hydrogen-bond acceptors (Lipinski definition) is 3. The number of ether oxygens (including phenoxy) is 1. The van der Waals surface area contributed by atoms with Crippen LogP contribution in [0, 0.1) is 5.92 Å². The molecular formula is C12H26N2O.